The summed E-state index contributed by atoms with van der Waals surface area (Å²) in [5.74, 6) is 0.151. The van der Waals surface area contributed by atoms with Crippen LogP contribution in [0.2, 0.25) is 0 Å². The third kappa shape index (κ3) is 3.57. The molecule has 18 heavy (non-hydrogen) atoms. The van der Waals surface area contributed by atoms with Gasteiger partial charge in [0.05, 0.1) is 0 Å². The minimum absolute atomic E-state index is 0.151. The third-order valence-corrected chi connectivity index (χ3v) is 3.18. The summed E-state index contributed by atoms with van der Waals surface area (Å²) in [6, 6.07) is 8.24. The maximum Gasteiger partial charge on any atom is 0.253 e. The van der Waals surface area contributed by atoms with Gasteiger partial charge in [0.2, 0.25) is 0 Å². The van der Waals surface area contributed by atoms with Crippen molar-refractivity contribution in [2.45, 2.75) is 33.2 Å². The number of likely N-dealkylation sites (N-methyl/N-ethyl adjacent to an activating group) is 1. The van der Waals surface area contributed by atoms with E-state index in [0.717, 1.165) is 25.1 Å². The molecule has 3 heteroatoms. The molecule has 1 aliphatic heterocycles. The van der Waals surface area contributed by atoms with Crippen LogP contribution in [0.4, 0.5) is 0 Å². The van der Waals surface area contributed by atoms with E-state index in [1.165, 1.54) is 5.56 Å². The van der Waals surface area contributed by atoms with Crippen LogP contribution in [0, 0.1) is 6.92 Å². The molecule has 0 unspecified atom stereocenters. The van der Waals surface area contributed by atoms with Crippen molar-refractivity contribution >= 4 is 5.91 Å². The summed E-state index contributed by atoms with van der Waals surface area (Å²) in [5, 5.41) is 3.22. The van der Waals surface area contributed by atoms with Crippen molar-refractivity contribution in [3.05, 3.63) is 35.4 Å². The second-order valence-electron chi connectivity index (χ2n) is 4.39. The van der Waals surface area contributed by atoms with Gasteiger partial charge in [-0.05, 0) is 32.5 Å². The quantitative estimate of drug-likeness (QED) is 0.872. The fourth-order valence-corrected chi connectivity index (χ4v) is 2.06. The number of hydrogen-bond donors (Lipinski definition) is 1. The van der Waals surface area contributed by atoms with Crippen LogP contribution in [0.15, 0.2) is 24.3 Å². The van der Waals surface area contributed by atoms with Gasteiger partial charge in [0.15, 0.2) is 0 Å². The van der Waals surface area contributed by atoms with E-state index < -0.39 is 0 Å². The van der Waals surface area contributed by atoms with Crippen LogP contribution in [0.5, 0.6) is 0 Å². The molecule has 100 valence electrons. The molecule has 1 amide bonds. The van der Waals surface area contributed by atoms with Gasteiger partial charge in [0.1, 0.15) is 0 Å². The van der Waals surface area contributed by atoms with Crippen LogP contribution >= 0.6 is 0 Å². The molecule has 0 saturated carbocycles. The first-order valence-electron chi connectivity index (χ1n) is 6.74. The fourth-order valence-electron chi connectivity index (χ4n) is 2.06. The Labute approximate surface area is 110 Å². The number of nitrogens with zero attached hydrogens (tertiary/aromatic N) is 1. The molecule has 1 heterocycles. The van der Waals surface area contributed by atoms with Crippen LogP contribution < -0.4 is 5.32 Å². The largest absolute Gasteiger partial charge is 0.337 e. The van der Waals surface area contributed by atoms with E-state index in [1.807, 2.05) is 57.0 Å². The third-order valence-electron chi connectivity index (χ3n) is 3.18. The smallest absolute Gasteiger partial charge is 0.253 e. The van der Waals surface area contributed by atoms with Crippen molar-refractivity contribution in [1.29, 1.82) is 0 Å². The Bertz CT molecular complexity index is 373. The molecule has 0 spiro atoms. The van der Waals surface area contributed by atoms with Crippen LogP contribution in [0.3, 0.4) is 0 Å². The van der Waals surface area contributed by atoms with Gasteiger partial charge < -0.3 is 10.2 Å². The maximum atomic E-state index is 12.1. The van der Waals surface area contributed by atoms with E-state index in [0.29, 0.717) is 6.04 Å². The Morgan fingerprint density at radius 3 is 2.39 bits per heavy atom. The minimum Gasteiger partial charge on any atom is -0.337 e. The lowest BCUT2D eigenvalue weighted by Gasteiger charge is -2.16. The Kier molecular flexibility index (Phi) is 5.86. The standard InChI is InChI=1S/C13H18N2O.C2H6/c1-10-3-5-11(6-4-10)13(16)15-8-7-12(9-15)14-2;1-2/h3-6,12,14H,7-9H2,1-2H3;1-2H3/t12-;/m0./s1. The first-order chi connectivity index (χ1) is 8.70. The molecule has 2 rings (SSSR count). The number of benzene rings is 1. The monoisotopic (exact) mass is 248 g/mol. The topological polar surface area (TPSA) is 32.3 Å². The molecule has 3 nitrogen and oxygen atoms in total. The summed E-state index contributed by atoms with van der Waals surface area (Å²) < 4.78 is 0. The van der Waals surface area contributed by atoms with Gasteiger partial charge in [-0.3, -0.25) is 4.79 Å². The molecule has 1 atom stereocenters. The molecule has 1 N–H and O–H groups in total. The fraction of sp³-hybridized carbons (Fsp3) is 0.533. The van der Waals surface area contributed by atoms with Crippen LogP contribution in [-0.4, -0.2) is 37.0 Å². The Hall–Kier alpha value is -1.35. The molecule has 0 aliphatic carbocycles. The number of carbonyl (C=O) groups is 1. The first kappa shape index (κ1) is 14.7. The summed E-state index contributed by atoms with van der Waals surface area (Å²) in [5.41, 5.74) is 1.98. The molecule has 0 radical (unpaired) electrons. The molecule has 1 aromatic rings. The van der Waals surface area contributed by atoms with Gasteiger partial charge in [-0.15, -0.1) is 0 Å². The van der Waals surface area contributed by atoms with Crippen molar-refractivity contribution < 1.29 is 4.79 Å². The molecule has 0 aromatic heterocycles. The first-order valence-corrected chi connectivity index (χ1v) is 6.74. The molecule has 1 fully saturated rings. The molecule has 0 bridgehead atoms. The van der Waals surface area contributed by atoms with Crippen molar-refractivity contribution in [1.82, 2.24) is 10.2 Å². The van der Waals surface area contributed by atoms with Crippen molar-refractivity contribution in [3.63, 3.8) is 0 Å². The second-order valence-corrected chi connectivity index (χ2v) is 4.39. The summed E-state index contributed by atoms with van der Waals surface area (Å²) in [7, 11) is 1.95. The summed E-state index contributed by atoms with van der Waals surface area (Å²) in [6.07, 6.45) is 1.05. The molecule has 1 aliphatic rings. The SMILES string of the molecule is CC.CN[C@H]1CCN(C(=O)c2ccc(C)cc2)C1. The number of hydrogen-bond acceptors (Lipinski definition) is 2. The highest BCUT2D eigenvalue weighted by Gasteiger charge is 2.25. The lowest BCUT2D eigenvalue weighted by Crippen LogP contribution is -2.33. The zero-order valence-corrected chi connectivity index (χ0v) is 11.9. The van der Waals surface area contributed by atoms with Gasteiger partial charge in [-0.2, -0.15) is 0 Å². The maximum absolute atomic E-state index is 12.1. The van der Waals surface area contributed by atoms with Crippen LogP contribution in [0.1, 0.15) is 36.2 Å². The molecule has 1 aromatic carbocycles. The van der Waals surface area contributed by atoms with Gasteiger partial charge in [0, 0.05) is 24.7 Å². The Morgan fingerprint density at radius 2 is 1.89 bits per heavy atom. The molecular weight excluding hydrogens is 224 g/mol. The number of carbonyl (C=O) groups excluding carboxylic acids is 1. The highest BCUT2D eigenvalue weighted by molar-refractivity contribution is 5.94. The Balaban J connectivity index is 0.000000771. The van der Waals surface area contributed by atoms with E-state index in [9.17, 15) is 4.79 Å². The highest BCUT2D eigenvalue weighted by Crippen LogP contribution is 2.13. The van der Waals surface area contributed by atoms with E-state index in [2.05, 4.69) is 5.32 Å². The normalized spacial score (nSPS) is 18.2. The number of amides is 1. The number of aryl methyl sites for hydroxylation is 1. The van der Waals surface area contributed by atoms with E-state index >= 15 is 0 Å². The lowest BCUT2D eigenvalue weighted by atomic mass is 10.1. The zero-order chi connectivity index (χ0) is 13.5. The molecule has 1 saturated heterocycles. The zero-order valence-electron chi connectivity index (χ0n) is 11.9. The predicted octanol–water partition coefficient (Wildman–Crippen LogP) is 2.46. The van der Waals surface area contributed by atoms with Gasteiger partial charge in [0.25, 0.3) is 5.91 Å². The number of rotatable bonds is 2. The second kappa shape index (κ2) is 7.17. The van der Waals surface area contributed by atoms with Gasteiger partial charge >= 0.3 is 0 Å². The number of likely N-dealkylation sites (tertiary alicyclic amines) is 1. The minimum atomic E-state index is 0.151. The van der Waals surface area contributed by atoms with Crippen LogP contribution in [-0.2, 0) is 0 Å². The number of nitrogens with one attached hydrogen (secondary N) is 1. The summed E-state index contributed by atoms with van der Waals surface area (Å²) in [4.78, 5) is 14.0. The van der Waals surface area contributed by atoms with Crippen molar-refractivity contribution in [2.75, 3.05) is 20.1 Å². The average Bonchev–Trinajstić information content (AvgIpc) is 2.90. The highest BCUT2D eigenvalue weighted by atomic mass is 16.2. The van der Waals surface area contributed by atoms with Crippen LogP contribution in [0.25, 0.3) is 0 Å². The van der Waals surface area contributed by atoms with Crippen molar-refractivity contribution in [2.24, 2.45) is 0 Å². The van der Waals surface area contributed by atoms with Crippen molar-refractivity contribution in [3.8, 4) is 0 Å². The summed E-state index contributed by atoms with van der Waals surface area (Å²) >= 11 is 0. The Morgan fingerprint density at radius 1 is 1.28 bits per heavy atom. The van der Waals surface area contributed by atoms with E-state index in [-0.39, 0.29) is 5.91 Å². The predicted molar refractivity (Wildman–Crippen MR) is 75.9 cm³/mol. The lowest BCUT2D eigenvalue weighted by molar-refractivity contribution is 0.0789. The molecular formula is C15H24N2O. The summed E-state index contributed by atoms with van der Waals surface area (Å²) in [6.45, 7) is 7.71. The van der Waals surface area contributed by atoms with Gasteiger partial charge in [-0.1, -0.05) is 31.5 Å². The average molecular weight is 248 g/mol. The van der Waals surface area contributed by atoms with E-state index in [4.69, 9.17) is 0 Å². The van der Waals surface area contributed by atoms with E-state index in [1.54, 1.807) is 0 Å². The van der Waals surface area contributed by atoms with Gasteiger partial charge in [-0.25, -0.2) is 0 Å².